The quantitative estimate of drug-likeness (QED) is 0.549. The van der Waals surface area contributed by atoms with Crippen molar-refractivity contribution in [2.24, 2.45) is 0 Å². The maximum absolute atomic E-state index is 13.6. The number of para-hydroxylation sites is 1. The highest BCUT2D eigenvalue weighted by molar-refractivity contribution is 7.89. The van der Waals surface area contributed by atoms with E-state index in [-0.39, 0.29) is 15.7 Å². The highest BCUT2D eigenvalue weighted by Crippen LogP contribution is 2.30. The van der Waals surface area contributed by atoms with Crippen LogP contribution in [0, 0.1) is 5.82 Å². The van der Waals surface area contributed by atoms with Gasteiger partial charge in [-0.2, -0.15) is 13.2 Å². The Balaban J connectivity index is 1.68. The molecule has 0 aliphatic carbocycles. The van der Waals surface area contributed by atoms with Crippen molar-refractivity contribution >= 4 is 33.0 Å². The molecule has 3 aromatic rings. The number of nitrogens with zero attached hydrogens (tertiary/aromatic N) is 2. The third-order valence-electron chi connectivity index (χ3n) is 3.67. The van der Waals surface area contributed by atoms with Gasteiger partial charge in [-0.1, -0.05) is 29.5 Å². The number of alkyl halides is 3. The SMILES string of the molecule is O=C(Nc1ccccc1F)c1nnc(CNS(=O)(=O)c2cccc(C(F)(F)F)c2)s1. The van der Waals surface area contributed by atoms with Gasteiger partial charge in [-0.3, -0.25) is 4.79 Å². The Morgan fingerprint density at radius 1 is 1.07 bits per heavy atom. The second-order valence-corrected chi connectivity index (χ2v) is 8.61. The molecule has 0 fully saturated rings. The number of amides is 1. The summed E-state index contributed by atoms with van der Waals surface area (Å²) in [5, 5.41) is 9.52. The Labute approximate surface area is 171 Å². The van der Waals surface area contributed by atoms with Gasteiger partial charge < -0.3 is 5.32 Å². The fraction of sp³-hybridized carbons (Fsp3) is 0.118. The van der Waals surface area contributed by atoms with Crippen LogP contribution in [-0.2, 0) is 22.7 Å². The summed E-state index contributed by atoms with van der Waals surface area (Å²) in [6.45, 7) is -0.400. The molecule has 0 spiro atoms. The molecule has 0 saturated heterocycles. The van der Waals surface area contributed by atoms with Gasteiger partial charge in [0, 0.05) is 0 Å². The molecule has 2 aromatic carbocycles. The molecular weight excluding hydrogens is 448 g/mol. The fourth-order valence-corrected chi connectivity index (χ4v) is 4.03. The van der Waals surface area contributed by atoms with Crippen molar-refractivity contribution < 1.29 is 30.8 Å². The molecule has 2 N–H and O–H groups in total. The molecule has 158 valence electrons. The molecule has 1 aromatic heterocycles. The van der Waals surface area contributed by atoms with E-state index in [1.807, 2.05) is 0 Å². The van der Waals surface area contributed by atoms with Crippen LogP contribution in [0.5, 0.6) is 0 Å². The first-order chi connectivity index (χ1) is 14.1. The molecule has 0 atom stereocenters. The number of halogens is 4. The Kier molecular flexibility index (Phi) is 6.14. The van der Waals surface area contributed by atoms with E-state index in [4.69, 9.17) is 0 Å². The summed E-state index contributed by atoms with van der Waals surface area (Å²) < 4.78 is 78.5. The van der Waals surface area contributed by atoms with Crippen LogP contribution in [-0.4, -0.2) is 24.5 Å². The number of nitrogens with one attached hydrogen (secondary N) is 2. The molecule has 13 heteroatoms. The second kappa shape index (κ2) is 8.45. The summed E-state index contributed by atoms with van der Waals surface area (Å²) in [5.74, 6) is -1.39. The second-order valence-electron chi connectivity index (χ2n) is 5.79. The summed E-state index contributed by atoms with van der Waals surface area (Å²) in [4.78, 5) is 11.5. The number of rotatable bonds is 6. The topological polar surface area (TPSA) is 101 Å². The van der Waals surface area contributed by atoms with E-state index < -0.39 is 44.9 Å². The summed E-state index contributed by atoms with van der Waals surface area (Å²) in [6, 6.07) is 8.73. The molecule has 1 amide bonds. The van der Waals surface area contributed by atoms with Crippen LogP contribution in [0.15, 0.2) is 53.4 Å². The highest BCUT2D eigenvalue weighted by atomic mass is 32.2. The van der Waals surface area contributed by atoms with Gasteiger partial charge in [-0.25, -0.2) is 17.5 Å². The van der Waals surface area contributed by atoms with Crippen molar-refractivity contribution in [3.05, 3.63) is 69.9 Å². The summed E-state index contributed by atoms with van der Waals surface area (Å²) in [6.07, 6.45) is -4.69. The summed E-state index contributed by atoms with van der Waals surface area (Å²) in [5.41, 5.74) is -1.17. The minimum Gasteiger partial charge on any atom is -0.317 e. The molecule has 3 rings (SSSR count). The number of aromatic nitrogens is 2. The Hall–Kier alpha value is -2.90. The molecular formula is C17H12F4N4O3S2. The largest absolute Gasteiger partial charge is 0.416 e. The molecule has 7 nitrogen and oxygen atoms in total. The van der Waals surface area contributed by atoms with E-state index in [1.165, 1.54) is 18.2 Å². The number of carbonyl (C=O) groups is 1. The van der Waals surface area contributed by atoms with Crippen molar-refractivity contribution in [1.82, 2.24) is 14.9 Å². The molecule has 0 bridgehead atoms. The average Bonchev–Trinajstić information content (AvgIpc) is 3.17. The van der Waals surface area contributed by atoms with Crippen LogP contribution in [0.25, 0.3) is 0 Å². The smallest absolute Gasteiger partial charge is 0.317 e. The van der Waals surface area contributed by atoms with Crippen LogP contribution in [0.3, 0.4) is 0 Å². The monoisotopic (exact) mass is 460 g/mol. The highest BCUT2D eigenvalue weighted by Gasteiger charge is 2.31. The lowest BCUT2D eigenvalue weighted by molar-refractivity contribution is -0.137. The van der Waals surface area contributed by atoms with E-state index in [0.717, 1.165) is 35.6 Å². The van der Waals surface area contributed by atoms with Crippen LogP contribution in [0.2, 0.25) is 0 Å². The van der Waals surface area contributed by atoms with Crippen LogP contribution < -0.4 is 10.0 Å². The van der Waals surface area contributed by atoms with Crippen molar-refractivity contribution in [3.8, 4) is 0 Å². The van der Waals surface area contributed by atoms with Crippen molar-refractivity contribution in [2.45, 2.75) is 17.6 Å². The zero-order chi connectivity index (χ0) is 21.9. The fourth-order valence-electron chi connectivity index (χ4n) is 2.23. The van der Waals surface area contributed by atoms with Crippen LogP contribution >= 0.6 is 11.3 Å². The Bertz CT molecular complexity index is 1180. The van der Waals surface area contributed by atoms with Gasteiger partial charge in [-0.15, -0.1) is 10.2 Å². The lowest BCUT2D eigenvalue weighted by Crippen LogP contribution is -2.23. The molecule has 0 radical (unpaired) electrons. The van der Waals surface area contributed by atoms with Gasteiger partial charge >= 0.3 is 6.18 Å². The zero-order valence-electron chi connectivity index (χ0n) is 14.8. The van der Waals surface area contributed by atoms with E-state index in [2.05, 4.69) is 20.2 Å². The molecule has 0 saturated carbocycles. The van der Waals surface area contributed by atoms with Crippen molar-refractivity contribution in [2.75, 3.05) is 5.32 Å². The van der Waals surface area contributed by atoms with Gasteiger partial charge in [0.2, 0.25) is 15.0 Å². The van der Waals surface area contributed by atoms with Gasteiger partial charge in [0.25, 0.3) is 5.91 Å². The maximum Gasteiger partial charge on any atom is 0.416 e. The normalized spacial score (nSPS) is 12.0. The Morgan fingerprint density at radius 2 is 1.80 bits per heavy atom. The minimum atomic E-state index is -4.69. The number of sulfonamides is 1. The number of hydrogen-bond donors (Lipinski definition) is 2. The van der Waals surface area contributed by atoms with Gasteiger partial charge in [0.15, 0.2) is 0 Å². The molecule has 1 heterocycles. The molecule has 30 heavy (non-hydrogen) atoms. The predicted molar refractivity (Wildman–Crippen MR) is 99.7 cm³/mol. The molecule has 0 unspecified atom stereocenters. The van der Waals surface area contributed by atoms with Crippen LogP contribution in [0.1, 0.15) is 20.4 Å². The van der Waals surface area contributed by atoms with Gasteiger partial charge in [0.1, 0.15) is 10.8 Å². The molecule has 0 aliphatic heterocycles. The zero-order valence-corrected chi connectivity index (χ0v) is 16.4. The minimum absolute atomic E-state index is 0.0653. The van der Waals surface area contributed by atoms with E-state index in [0.29, 0.717) is 6.07 Å². The maximum atomic E-state index is 13.6. The lowest BCUT2D eigenvalue weighted by Gasteiger charge is -2.09. The first kappa shape index (κ1) is 21.8. The third kappa shape index (κ3) is 5.17. The number of anilines is 1. The van der Waals surface area contributed by atoms with Crippen LogP contribution in [0.4, 0.5) is 23.2 Å². The molecule has 0 aliphatic rings. The number of carbonyl (C=O) groups excluding carboxylic acids is 1. The standard InChI is InChI=1S/C17H12F4N4O3S2/c18-12-6-1-2-7-13(12)23-15(26)16-25-24-14(29-16)9-22-30(27,28)11-5-3-4-10(8-11)17(19,20)21/h1-8,22H,9H2,(H,23,26). The first-order valence-corrected chi connectivity index (χ1v) is 10.4. The van der Waals surface area contributed by atoms with E-state index in [9.17, 15) is 30.8 Å². The van der Waals surface area contributed by atoms with Crippen molar-refractivity contribution in [3.63, 3.8) is 0 Å². The number of benzene rings is 2. The average molecular weight is 460 g/mol. The van der Waals surface area contributed by atoms with E-state index >= 15 is 0 Å². The summed E-state index contributed by atoms with van der Waals surface area (Å²) >= 11 is 0.746. The van der Waals surface area contributed by atoms with Gasteiger partial charge in [0.05, 0.1) is 22.7 Å². The van der Waals surface area contributed by atoms with E-state index in [1.54, 1.807) is 0 Å². The summed E-state index contributed by atoms with van der Waals surface area (Å²) in [7, 11) is -4.27. The Morgan fingerprint density at radius 3 is 2.50 bits per heavy atom. The first-order valence-electron chi connectivity index (χ1n) is 8.11. The predicted octanol–water partition coefficient (Wildman–Crippen LogP) is 3.43. The van der Waals surface area contributed by atoms with Gasteiger partial charge in [-0.05, 0) is 30.3 Å². The lowest BCUT2D eigenvalue weighted by atomic mass is 10.2. The number of hydrogen-bond acceptors (Lipinski definition) is 6. The van der Waals surface area contributed by atoms with Crippen molar-refractivity contribution in [1.29, 1.82) is 0 Å². The third-order valence-corrected chi connectivity index (χ3v) is 5.99.